The van der Waals surface area contributed by atoms with Gasteiger partial charge in [0.15, 0.2) is 0 Å². The second kappa shape index (κ2) is 5.07. The van der Waals surface area contributed by atoms with Crippen LogP contribution < -0.4 is 4.74 Å². The number of rotatable bonds is 2. The molecule has 0 aromatic heterocycles. The molecule has 0 aliphatic heterocycles. The molecular formula is C11H15NO2S. The summed E-state index contributed by atoms with van der Waals surface area (Å²) in [4.78, 5) is 11.2. The zero-order chi connectivity index (χ0) is 11.4. The lowest BCUT2D eigenvalue weighted by Gasteiger charge is -2.11. The molecule has 0 saturated carbocycles. The molecule has 0 aliphatic carbocycles. The fraction of sp³-hybridized carbons (Fsp3) is 0.364. The van der Waals surface area contributed by atoms with E-state index in [9.17, 15) is 4.79 Å². The monoisotopic (exact) mass is 225 g/mol. The summed E-state index contributed by atoms with van der Waals surface area (Å²) in [6.45, 7) is 4.18. The summed E-state index contributed by atoms with van der Waals surface area (Å²) < 4.78 is 6.18. The summed E-state index contributed by atoms with van der Waals surface area (Å²) in [6.07, 6.45) is -0.487. The van der Waals surface area contributed by atoms with Gasteiger partial charge >= 0.3 is 6.09 Å². The number of carbonyl (C=O) groups is 1. The summed E-state index contributed by atoms with van der Waals surface area (Å²) >= 11 is 3.85. The second-order valence-corrected chi connectivity index (χ2v) is 4.22. The maximum absolute atomic E-state index is 11.2. The summed E-state index contributed by atoms with van der Waals surface area (Å²) in [5, 5.41) is 0. The Labute approximate surface area is 95.6 Å². The molecule has 0 heterocycles. The molecule has 0 saturated heterocycles. The summed E-state index contributed by atoms with van der Waals surface area (Å²) in [5.41, 5.74) is 1.14. The summed E-state index contributed by atoms with van der Waals surface area (Å²) in [6, 6.07) is 7.49. The van der Waals surface area contributed by atoms with Crippen LogP contribution in [0.25, 0.3) is 0 Å². The molecule has 0 spiro atoms. The molecule has 15 heavy (non-hydrogen) atoms. The van der Waals surface area contributed by atoms with Gasteiger partial charge in [0.1, 0.15) is 5.75 Å². The Morgan fingerprint density at radius 2 is 2.13 bits per heavy atom. The van der Waals surface area contributed by atoms with Gasteiger partial charge in [0.25, 0.3) is 0 Å². The number of carbonyl (C=O) groups excluding carboxylic acids is 1. The highest BCUT2D eigenvalue weighted by molar-refractivity contribution is 7.78. The van der Waals surface area contributed by atoms with Crippen LogP contribution in [0.15, 0.2) is 24.3 Å². The first-order valence-corrected chi connectivity index (χ1v) is 5.15. The van der Waals surface area contributed by atoms with Crippen molar-refractivity contribution in [3.8, 4) is 5.75 Å². The van der Waals surface area contributed by atoms with Crippen molar-refractivity contribution in [1.29, 1.82) is 0 Å². The summed E-state index contributed by atoms with van der Waals surface area (Å²) in [7, 11) is 1.53. The smallest absolute Gasteiger partial charge is 0.410 e. The van der Waals surface area contributed by atoms with Gasteiger partial charge in [-0.1, -0.05) is 38.8 Å². The van der Waals surface area contributed by atoms with Crippen molar-refractivity contribution in [3.05, 3.63) is 29.8 Å². The van der Waals surface area contributed by atoms with Gasteiger partial charge in [-0.25, -0.2) is 4.79 Å². The van der Waals surface area contributed by atoms with Crippen LogP contribution >= 0.6 is 12.8 Å². The molecule has 0 aliphatic rings. The van der Waals surface area contributed by atoms with Crippen LogP contribution in [0.1, 0.15) is 25.3 Å². The van der Waals surface area contributed by atoms with Crippen LogP contribution in [0, 0.1) is 0 Å². The Balaban J connectivity index is 2.78. The number of amides is 1. The average Bonchev–Trinajstić information content (AvgIpc) is 2.18. The first-order valence-electron chi connectivity index (χ1n) is 4.75. The number of ether oxygens (including phenoxy) is 1. The highest BCUT2D eigenvalue weighted by Gasteiger charge is 2.08. The molecule has 0 fully saturated rings. The van der Waals surface area contributed by atoms with Gasteiger partial charge in [-0.2, -0.15) is 0 Å². The van der Waals surface area contributed by atoms with Crippen LogP contribution in [0.2, 0.25) is 0 Å². The average molecular weight is 225 g/mol. The molecule has 0 N–H and O–H groups in total. The largest absolute Gasteiger partial charge is 0.424 e. The summed E-state index contributed by atoms with van der Waals surface area (Å²) in [5.74, 6) is 0.962. The molecule has 0 radical (unpaired) electrons. The van der Waals surface area contributed by atoms with E-state index in [4.69, 9.17) is 4.74 Å². The number of nitrogens with zero attached hydrogens (tertiary/aromatic N) is 1. The molecule has 1 aromatic carbocycles. The highest BCUT2D eigenvalue weighted by Crippen LogP contribution is 2.20. The van der Waals surface area contributed by atoms with Crippen molar-refractivity contribution in [2.75, 3.05) is 7.05 Å². The first kappa shape index (κ1) is 11.9. The van der Waals surface area contributed by atoms with Crippen LogP contribution in [-0.2, 0) is 0 Å². The van der Waals surface area contributed by atoms with Gasteiger partial charge in [-0.3, -0.25) is 4.31 Å². The van der Waals surface area contributed by atoms with Gasteiger partial charge in [-0.05, 0) is 23.6 Å². The van der Waals surface area contributed by atoms with E-state index in [1.54, 1.807) is 6.07 Å². The minimum Gasteiger partial charge on any atom is -0.410 e. The van der Waals surface area contributed by atoms with Crippen LogP contribution in [-0.4, -0.2) is 17.4 Å². The Morgan fingerprint density at radius 3 is 2.67 bits per heavy atom. The maximum Gasteiger partial charge on any atom is 0.424 e. The minimum atomic E-state index is -0.487. The minimum absolute atomic E-state index is 0.414. The van der Waals surface area contributed by atoms with E-state index in [0.717, 1.165) is 9.87 Å². The fourth-order valence-corrected chi connectivity index (χ4v) is 1.14. The van der Waals surface area contributed by atoms with Gasteiger partial charge in [0.05, 0.1) is 0 Å². The third-order valence-corrected chi connectivity index (χ3v) is 2.16. The van der Waals surface area contributed by atoms with Crippen LogP contribution in [0.4, 0.5) is 4.79 Å². The molecule has 1 aromatic rings. The molecule has 0 unspecified atom stereocenters. The van der Waals surface area contributed by atoms with Crippen molar-refractivity contribution in [2.24, 2.45) is 0 Å². The fourth-order valence-electron chi connectivity index (χ4n) is 1.10. The first-order chi connectivity index (χ1) is 7.00. The zero-order valence-electron chi connectivity index (χ0n) is 9.10. The standard InChI is InChI=1S/C11H15NO2S/c1-8(2)9-5-4-6-10(7-9)14-11(13)12(3)15/h4-8,15H,1-3H3. The lowest BCUT2D eigenvalue weighted by molar-refractivity contribution is 0.187. The number of hydrogen-bond acceptors (Lipinski definition) is 3. The predicted octanol–water partition coefficient (Wildman–Crippen LogP) is 3.09. The van der Waals surface area contributed by atoms with Crippen molar-refractivity contribution in [2.45, 2.75) is 19.8 Å². The lowest BCUT2D eigenvalue weighted by Crippen LogP contribution is -2.20. The quantitative estimate of drug-likeness (QED) is 0.784. The Bertz CT molecular complexity index is 350. The molecular weight excluding hydrogens is 210 g/mol. The highest BCUT2D eigenvalue weighted by atomic mass is 32.1. The van der Waals surface area contributed by atoms with Crippen molar-refractivity contribution < 1.29 is 9.53 Å². The van der Waals surface area contributed by atoms with E-state index in [1.165, 1.54) is 7.05 Å². The Morgan fingerprint density at radius 1 is 1.47 bits per heavy atom. The SMILES string of the molecule is CC(C)c1cccc(OC(=O)N(C)S)c1. The number of thiol groups is 1. The predicted molar refractivity (Wildman–Crippen MR) is 63.3 cm³/mol. The molecule has 1 rings (SSSR count). The van der Waals surface area contributed by atoms with Crippen molar-refractivity contribution >= 4 is 18.9 Å². The molecule has 82 valence electrons. The van der Waals surface area contributed by atoms with Gasteiger partial charge in [-0.15, -0.1) is 0 Å². The zero-order valence-corrected chi connectivity index (χ0v) is 9.99. The third kappa shape index (κ3) is 3.47. The van der Waals surface area contributed by atoms with Gasteiger partial charge < -0.3 is 4.74 Å². The third-order valence-electron chi connectivity index (χ3n) is 1.99. The van der Waals surface area contributed by atoms with Crippen molar-refractivity contribution in [1.82, 2.24) is 4.31 Å². The molecule has 3 nitrogen and oxygen atoms in total. The molecule has 4 heteroatoms. The normalized spacial score (nSPS) is 10.2. The topological polar surface area (TPSA) is 29.5 Å². The van der Waals surface area contributed by atoms with E-state index in [0.29, 0.717) is 11.7 Å². The Hall–Kier alpha value is -1.16. The lowest BCUT2D eigenvalue weighted by atomic mass is 10.0. The van der Waals surface area contributed by atoms with E-state index in [1.807, 2.05) is 18.2 Å². The van der Waals surface area contributed by atoms with Crippen LogP contribution in [0.3, 0.4) is 0 Å². The molecule has 1 amide bonds. The van der Waals surface area contributed by atoms with E-state index < -0.39 is 6.09 Å². The van der Waals surface area contributed by atoms with Gasteiger partial charge in [0.2, 0.25) is 0 Å². The Kier molecular flexibility index (Phi) is 4.03. The van der Waals surface area contributed by atoms with Crippen LogP contribution in [0.5, 0.6) is 5.75 Å². The van der Waals surface area contributed by atoms with E-state index in [-0.39, 0.29) is 0 Å². The number of benzene rings is 1. The van der Waals surface area contributed by atoms with E-state index >= 15 is 0 Å². The molecule has 0 bridgehead atoms. The maximum atomic E-state index is 11.2. The van der Waals surface area contributed by atoms with Crippen molar-refractivity contribution in [3.63, 3.8) is 0 Å². The number of hydrogen-bond donors (Lipinski definition) is 1. The molecule has 0 atom stereocenters. The van der Waals surface area contributed by atoms with E-state index in [2.05, 4.69) is 26.7 Å². The van der Waals surface area contributed by atoms with Gasteiger partial charge in [0, 0.05) is 7.05 Å². The second-order valence-electron chi connectivity index (χ2n) is 3.62.